The van der Waals surface area contributed by atoms with Crippen molar-refractivity contribution in [2.24, 2.45) is 0 Å². The quantitative estimate of drug-likeness (QED) is 0.566. The second-order valence-corrected chi connectivity index (χ2v) is 6.40. The van der Waals surface area contributed by atoms with Crippen molar-refractivity contribution in [1.82, 2.24) is 24.6 Å². The zero-order chi connectivity index (χ0) is 17.3. The molecule has 0 bridgehead atoms. The van der Waals surface area contributed by atoms with E-state index in [0.29, 0.717) is 12.4 Å². The third-order valence-corrected chi connectivity index (χ3v) is 4.87. The van der Waals surface area contributed by atoms with Gasteiger partial charge in [-0.15, -0.1) is 0 Å². The van der Waals surface area contributed by atoms with Crippen LogP contribution in [0.15, 0.2) is 55.1 Å². The first-order chi connectivity index (χ1) is 12.9. The molecule has 4 heterocycles. The van der Waals surface area contributed by atoms with E-state index in [-0.39, 0.29) is 6.04 Å². The standard InChI is InChI=1S/C19H18N6O/c1-2-6-16-15(5-1)17(7-9-20-16)26-12-14-4-3-11-24(14)18-8-10-21-19-22-13-23-25(18)19/h1-2,5-10,13-14H,3-4,11-12H2/t14-/m1/s1. The van der Waals surface area contributed by atoms with E-state index >= 15 is 0 Å². The Morgan fingerprint density at radius 3 is 2.96 bits per heavy atom. The lowest BCUT2D eigenvalue weighted by atomic mass is 10.2. The zero-order valence-corrected chi connectivity index (χ0v) is 14.2. The first-order valence-corrected chi connectivity index (χ1v) is 8.78. The van der Waals surface area contributed by atoms with E-state index in [9.17, 15) is 0 Å². The molecule has 0 N–H and O–H groups in total. The molecule has 1 aromatic carbocycles. The maximum atomic E-state index is 6.21. The van der Waals surface area contributed by atoms with Gasteiger partial charge in [0.1, 0.15) is 24.5 Å². The van der Waals surface area contributed by atoms with E-state index in [0.717, 1.165) is 41.9 Å². The minimum Gasteiger partial charge on any atom is -0.491 e. The van der Waals surface area contributed by atoms with Crippen LogP contribution in [0.25, 0.3) is 16.7 Å². The molecule has 0 amide bonds. The number of nitrogens with zero attached hydrogens (tertiary/aromatic N) is 6. The fourth-order valence-corrected chi connectivity index (χ4v) is 3.64. The van der Waals surface area contributed by atoms with Gasteiger partial charge in [-0.2, -0.15) is 14.6 Å². The molecule has 0 unspecified atom stereocenters. The number of hydrogen-bond donors (Lipinski definition) is 0. The third-order valence-electron chi connectivity index (χ3n) is 4.87. The highest BCUT2D eigenvalue weighted by Crippen LogP contribution is 2.28. The fraction of sp³-hybridized carbons (Fsp3) is 0.263. The minimum atomic E-state index is 0.289. The van der Waals surface area contributed by atoms with Gasteiger partial charge in [-0.1, -0.05) is 12.1 Å². The normalized spacial score (nSPS) is 17.2. The smallest absolute Gasteiger partial charge is 0.254 e. The molecule has 26 heavy (non-hydrogen) atoms. The van der Waals surface area contributed by atoms with Crippen LogP contribution in [0.1, 0.15) is 12.8 Å². The number of pyridine rings is 1. The Balaban J connectivity index is 1.40. The molecule has 1 aliphatic rings. The molecule has 1 fully saturated rings. The molecule has 5 rings (SSSR count). The van der Waals surface area contributed by atoms with Crippen molar-refractivity contribution < 1.29 is 4.74 Å². The molecule has 130 valence electrons. The Bertz CT molecular complexity index is 1060. The Morgan fingerprint density at radius 2 is 1.96 bits per heavy atom. The number of hydrogen-bond acceptors (Lipinski definition) is 6. The minimum absolute atomic E-state index is 0.289. The van der Waals surface area contributed by atoms with Gasteiger partial charge in [-0.05, 0) is 37.1 Å². The third kappa shape index (κ3) is 2.52. The van der Waals surface area contributed by atoms with Gasteiger partial charge in [0, 0.05) is 24.3 Å². The number of anilines is 1. The van der Waals surface area contributed by atoms with Crippen LogP contribution in [0.5, 0.6) is 5.75 Å². The van der Waals surface area contributed by atoms with Gasteiger partial charge in [0.2, 0.25) is 0 Å². The van der Waals surface area contributed by atoms with Gasteiger partial charge >= 0.3 is 0 Å². The number of rotatable bonds is 4. The Labute approximate surface area is 150 Å². The van der Waals surface area contributed by atoms with Gasteiger partial charge in [-0.25, -0.2) is 4.98 Å². The molecular weight excluding hydrogens is 328 g/mol. The number of fused-ring (bicyclic) bond motifs is 2. The summed E-state index contributed by atoms with van der Waals surface area (Å²) in [6.07, 6.45) is 7.33. The molecular formula is C19H18N6O. The highest BCUT2D eigenvalue weighted by molar-refractivity contribution is 5.84. The second kappa shape index (κ2) is 6.25. The molecule has 0 spiro atoms. The lowest BCUT2D eigenvalue weighted by Gasteiger charge is -2.26. The maximum Gasteiger partial charge on any atom is 0.254 e. The predicted octanol–water partition coefficient (Wildman–Crippen LogP) is 2.72. The van der Waals surface area contributed by atoms with E-state index in [1.807, 2.05) is 36.4 Å². The maximum absolute atomic E-state index is 6.21. The van der Waals surface area contributed by atoms with E-state index in [4.69, 9.17) is 4.74 Å². The lowest BCUT2D eigenvalue weighted by Crippen LogP contribution is -2.35. The van der Waals surface area contributed by atoms with Crippen LogP contribution in [0.4, 0.5) is 5.82 Å². The molecule has 7 nitrogen and oxygen atoms in total. The van der Waals surface area contributed by atoms with Crippen molar-refractivity contribution in [1.29, 1.82) is 0 Å². The average Bonchev–Trinajstić information content (AvgIpc) is 3.35. The molecule has 7 heteroatoms. The van der Waals surface area contributed by atoms with Gasteiger partial charge in [-0.3, -0.25) is 4.98 Å². The van der Waals surface area contributed by atoms with Gasteiger partial charge in [0.15, 0.2) is 0 Å². The Hall–Kier alpha value is -3.22. The summed E-state index contributed by atoms with van der Waals surface area (Å²) < 4.78 is 8.00. The van der Waals surface area contributed by atoms with Crippen molar-refractivity contribution in [2.45, 2.75) is 18.9 Å². The first kappa shape index (κ1) is 15.1. The summed E-state index contributed by atoms with van der Waals surface area (Å²) in [5.74, 6) is 2.51. The SMILES string of the molecule is c1ccc2c(OC[C@H]3CCCN3c3ccnc4ncnn34)ccnc2c1. The largest absolute Gasteiger partial charge is 0.491 e. The predicted molar refractivity (Wildman–Crippen MR) is 98.4 cm³/mol. The molecule has 3 aromatic heterocycles. The van der Waals surface area contributed by atoms with Crippen molar-refractivity contribution in [2.75, 3.05) is 18.1 Å². The summed E-state index contributed by atoms with van der Waals surface area (Å²) >= 11 is 0. The van der Waals surface area contributed by atoms with Crippen LogP contribution in [-0.2, 0) is 0 Å². The molecule has 1 atom stereocenters. The average molecular weight is 346 g/mol. The van der Waals surface area contributed by atoms with Crippen LogP contribution < -0.4 is 9.64 Å². The lowest BCUT2D eigenvalue weighted by molar-refractivity contribution is 0.291. The molecule has 0 radical (unpaired) electrons. The van der Waals surface area contributed by atoms with Crippen LogP contribution in [0.3, 0.4) is 0 Å². The highest BCUT2D eigenvalue weighted by atomic mass is 16.5. The molecule has 0 aliphatic carbocycles. The van der Waals surface area contributed by atoms with Crippen molar-refractivity contribution in [3.05, 3.63) is 55.1 Å². The summed E-state index contributed by atoms with van der Waals surface area (Å²) in [7, 11) is 0. The van der Waals surface area contributed by atoms with Crippen molar-refractivity contribution >= 4 is 22.5 Å². The van der Waals surface area contributed by atoms with Crippen LogP contribution in [-0.4, -0.2) is 43.8 Å². The first-order valence-electron chi connectivity index (χ1n) is 8.78. The zero-order valence-electron chi connectivity index (χ0n) is 14.2. The number of aromatic nitrogens is 5. The summed E-state index contributed by atoms with van der Waals surface area (Å²) in [5, 5.41) is 5.35. The van der Waals surface area contributed by atoms with Gasteiger partial charge in [0.25, 0.3) is 5.78 Å². The van der Waals surface area contributed by atoms with E-state index < -0.39 is 0 Å². The van der Waals surface area contributed by atoms with E-state index in [1.165, 1.54) is 6.33 Å². The molecule has 1 saturated heterocycles. The highest BCUT2D eigenvalue weighted by Gasteiger charge is 2.27. The molecule has 1 aliphatic heterocycles. The van der Waals surface area contributed by atoms with Crippen LogP contribution >= 0.6 is 0 Å². The molecule has 4 aromatic rings. The number of para-hydroxylation sites is 1. The van der Waals surface area contributed by atoms with Crippen LogP contribution in [0, 0.1) is 0 Å². The monoisotopic (exact) mass is 346 g/mol. The Morgan fingerprint density at radius 1 is 1.04 bits per heavy atom. The summed E-state index contributed by atoms with van der Waals surface area (Å²) in [4.78, 5) is 15.2. The summed E-state index contributed by atoms with van der Waals surface area (Å²) in [5.41, 5.74) is 0.951. The Kier molecular flexibility index (Phi) is 3.62. The van der Waals surface area contributed by atoms with E-state index in [2.05, 4.69) is 25.0 Å². The van der Waals surface area contributed by atoms with Crippen molar-refractivity contribution in [3.63, 3.8) is 0 Å². The van der Waals surface area contributed by atoms with Gasteiger partial charge < -0.3 is 9.64 Å². The number of ether oxygens (including phenoxy) is 1. The number of benzene rings is 1. The second-order valence-electron chi connectivity index (χ2n) is 6.40. The fourth-order valence-electron chi connectivity index (χ4n) is 3.64. The van der Waals surface area contributed by atoms with Crippen molar-refractivity contribution in [3.8, 4) is 5.75 Å². The molecule has 0 saturated carbocycles. The van der Waals surface area contributed by atoms with Gasteiger partial charge in [0.05, 0.1) is 11.6 Å². The topological polar surface area (TPSA) is 68.4 Å². The summed E-state index contributed by atoms with van der Waals surface area (Å²) in [6, 6.07) is 12.3. The summed E-state index contributed by atoms with van der Waals surface area (Å²) in [6.45, 7) is 1.59. The van der Waals surface area contributed by atoms with Crippen LogP contribution in [0.2, 0.25) is 0 Å². The van der Waals surface area contributed by atoms with E-state index in [1.54, 1.807) is 16.9 Å².